The number of aromatic carboxylic acids is 1. The molecular weight excluding hydrogens is 268 g/mol. The summed E-state index contributed by atoms with van der Waals surface area (Å²) in [6.07, 6.45) is 1.57. The van der Waals surface area contributed by atoms with E-state index in [0.29, 0.717) is 17.5 Å². The Kier molecular flexibility index (Phi) is 3.23. The lowest BCUT2D eigenvalue weighted by atomic mass is 10.1. The lowest BCUT2D eigenvalue weighted by Gasteiger charge is -2.11. The van der Waals surface area contributed by atoms with E-state index in [1.807, 2.05) is 24.3 Å². The van der Waals surface area contributed by atoms with Gasteiger partial charge in [-0.3, -0.25) is 0 Å². The first-order valence-electron chi connectivity index (χ1n) is 6.38. The highest BCUT2D eigenvalue weighted by molar-refractivity contribution is 6.00. The van der Waals surface area contributed by atoms with E-state index < -0.39 is 5.97 Å². The molecule has 0 atom stereocenters. The molecule has 1 aromatic heterocycles. The van der Waals surface area contributed by atoms with E-state index in [1.165, 1.54) is 6.07 Å². The number of carboxylic acid groups (broad SMARTS) is 1. The van der Waals surface area contributed by atoms with E-state index in [0.717, 1.165) is 10.8 Å². The van der Waals surface area contributed by atoms with Gasteiger partial charge in [-0.1, -0.05) is 30.3 Å². The largest absolute Gasteiger partial charge is 0.478 e. The average Bonchev–Trinajstić information content (AvgIpc) is 2.47. The molecule has 0 saturated carbocycles. The Labute approximate surface area is 120 Å². The summed E-state index contributed by atoms with van der Waals surface area (Å²) in [4.78, 5) is 19.6. The van der Waals surface area contributed by atoms with Crippen molar-refractivity contribution < 1.29 is 14.6 Å². The van der Waals surface area contributed by atoms with Crippen LogP contribution in [0.5, 0.6) is 11.6 Å². The number of hydrogen-bond donors (Lipinski definition) is 1. The molecule has 0 aliphatic heterocycles. The zero-order valence-corrected chi connectivity index (χ0v) is 11.3. The quantitative estimate of drug-likeness (QED) is 0.795. The second kappa shape index (κ2) is 5.20. The number of rotatable bonds is 3. The van der Waals surface area contributed by atoms with Crippen molar-refractivity contribution in [2.24, 2.45) is 0 Å². The van der Waals surface area contributed by atoms with Crippen molar-refractivity contribution in [2.75, 3.05) is 0 Å². The fourth-order valence-corrected chi connectivity index (χ4v) is 2.12. The molecule has 0 unspecified atom stereocenters. The minimum Gasteiger partial charge on any atom is -0.478 e. The highest BCUT2D eigenvalue weighted by atomic mass is 16.5. The van der Waals surface area contributed by atoms with Crippen LogP contribution in [0.1, 0.15) is 16.2 Å². The highest BCUT2D eigenvalue weighted by Gasteiger charge is 2.16. The first-order valence-corrected chi connectivity index (χ1v) is 6.38. The van der Waals surface area contributed by atoms with Crippen LogP contribution >= 0.6 is 0 Å². The number of nitrogens with zero attached hydrogens (tertiary/aromatic N) is 2. The second-order valence-corrected chi connectivity index (χ2v) is 4.51. The predicted molar refractivity (Wildman–Crippen MR) is 77.8 cm³/mol. The van der Waals surface area contributed by atoms with Gasteiger partial charge in [0.05, 0.1) is 0 Å². The monoisotopic (exact) mass is 280 g/mol. The van der Waals surface area contributed by atoms with Crippen LogP contribution in [-0.2, 0) is 0 Å². The van der Waals surface area contributed by atoms with E-state index in [2.05, 4.69) is 9.97 Å². The van der Waals surface area contributed by atoms with Crippen LogP contribution in [0.15, 0.2) is 48.7 Å². The SMILES string of the molecule is Cc1nccc(Oc2c(C(=O)O)ccc3ccccc23)n1. The summed E-state index contributed by atoms with van der Waals surface area (Å²) in [7, 11) is 0. The van der Waals surface area contributed by atoms with E-state index in [1.54, 1.807) is 25.3 Å². The molecule has 3 aromatic rings. The molecule has 5 nitrogen and oxygen atoms in total. The van der Waals surface area contributed by atoms with Crippen molar-refractivity contribution >= 4 is 16.7 Å². The number of aromatic nitrogens is 2. The van der Waals surface area contributed by atoms with Crippen molar-refractivity contribution in [3.05, 3.63) is 60.0 Å². The lowest BCUT2D eigenvalue weighted by molar-refractivity contribution is 0.0694. The van der Waals surface area contributed by atoms with Crippen molar-refractivity contribution in [1.29, 1.82) is 0 Å². The summed E-state index contributed by atoms with van der Waals surface area (Å²) < 4.78 is 5.73. The number of carbonyl (C=O) groups is 1. The summed E-state index contributed by atoms with van der Waals surface area (Å²) in [5, 5.41) is 11.0. The maximum atomic E-state index is 11.4. The van der Waals surface area contributed by atoms with E-state index in [4.69, 9.17) is 4.74 Å². The molecule has 0 spiro atoms. The Hall–Kier alpha value is -2.95. The molecule has 104 valence electrons. The van der Waals surface area contributed by atoms with Gasteiger partial charge in [-0.15, -0.1) is 0 Å². The fraction of sp³-hybridized carbons (Fsp3) is 0.0625. The van der Waals surface area contributed by atoms with Gasteiger partial charge in [0.1, 0.15) is 11.4 Å². The van der Waals surface area contributed by atoms with Crippen LogP contribution in [0, 0.1) is 6.92 Å². The summed E-state index contributed by atoms with van der Waals surface area (Å²) in [6, 6.07) is 12.4. The zero-order valence-electron chi connectivity index (χ0n) is 11.3. The summed E-state index contributed by atoms with van der Waals surface area (Å²) >= 11 is 0. The molecule has 5 heteroatoms. The summed E-state index contributed by atoms with van der Waals surface area (Å²) in [5.41, 5.74) is 0.102. The molecular formula is C16H12N2O3. The molecule has 0 amide bonds. The number of carboxylic acids is 1. The van der Waals surface area contributed by atoms with Crippen molar-refractivity contribution in [2.45, 2.75) is 6.92 Å². The molecule has 0 saturated heterocycles. The lowest BCUT2D eigenvalue weighted by Crippen LogP contribution is -2.02. The predicted octanol–water partition coefficient (Wildman–Crippen LogP) is 3.43. The van der Waals surface area contributed by atoms with Gasteiger partial charge >= 0.3 is 5.97 Å². The number of ether oxygens (including phenoxy) is 1. The smallest absolute Gasteiger partial charge is 0.339 e. The Morgan fingerprint density at radius 3 is 2.71 bits per heavy atom. The Balaban J connectivity index is 2.18. The van der Waals surface area contributed by atoms with Gasteiger partial charge in [0.15, 0.2) is 5.75 Å². The van der Waals surface area contributed by atoms with Crippen molar-refractivity contribution in [3.8, 4) is 11.6 Å². The molecule has 0 fully saturated rings. The number of benzene rings is 2. The van der Waals surface area contributed by atoms with Crippen LogP contribution in [-0.4, -0.2) is 21.0 Å². The minimum absolute atomic E-state index is 0.102. The Morgan fingerprint density at radius 2 is 1.95 bits per heavy atom. The number of fused-ring (bicyclic) bond motifs is 1. The third-order valence-electron chi connectivity index (χ3n) is 3.07. The molecule has 2 aromatic carbocycles. The molecule has 0 aliphatic rings. The second-order valence-electron chi connectivity index (χ2n) is 4.51. The molecule has 0 aliphatic carbocycles. The van der Waals surface area contributed by atoms with Gasteiger partial charge in [-0.05, 0) is 18.4 Å². The maximum absolute atomic E-state index is 11.4. The zero-order chi connectivity index (χ0) is 14.8. The van der Waals surface area contributed by atoms with Crippen LogP contribution in [0.25, 0.3) is 10.8 Å². The van der Waals surface area contributed by atoms with Gasteiger partial charge in [-0.25, -0.2) is 9.78 Å². The Bertz CT molecular complexity index is 831. The third kappa shape index (κ3) is 2.53. The fourth-order valence-electron chi connectivity index (χ4n) is 2.12. The van der Waals surface area contributed by atoms with E-state index in [9.17, 15) is 9.90 Å². The maximum Gasteiger partial charge on any atom is 0.339 e. The van der Waals surface area contributed by atoms with Gasteiger partial charge in [-0.2, -0.15) is 4.98 Å². The normalized spacial score (nSPS) is 10.5. The van der Waals surface area contributed by atoms with E-state index in [-0.39, 0.29) is 5.56 Å². The van der Waals surface area contributed by atoms with Crippen LogP contribution < -0.4 is 4.74 Å². The van der Waals surface area contributed by atoms with Crippen molar-refractivity contribution in [1.82, 2.24) is 9.97 Å². The Morgan fingerprint density at radius 1 is 1.14 bits per heavy atom. The molecule has 3 rings (SSSR count). The van der Waals surface area contributed by atoms with Crippen molar-refractivity contribution in [3.63, 3.8) is 0 Å². The standard InChI is InChI=1S/C16H12N2O3/c1-10-17-9-8-14(18-10)21-15-12-5-3-2-4-11(12)6-7-13(15)16(19)20/h2-9H,1H3,(H,19,20). The number of hydrogen-bond acceptors (Lipinski definition) is 4. The first-order chi connectivity index (χ1) is 10.1. The average molecular weight is 280 g/mol. The molecule has 0 bridgehead atoms. The van der Waals surface area contributed by atoms with Gasteiger partial charge in [0, 0.05) is 17.6 Å². The van der Waals surface area contributed by atoms with Crippen LogP contribution in [0.2, 0.25) is 0 Å². The third-order valence-corrected chi connectivity index (χ3v) is 3.07. The molecule has 1 heterocycles. The first kappa shape index (κ1) is 13.1. The van der Waals surface area contributed by atoms with E-state index >= 15 is 0 Å². The van der Waals surface area contributed by atoms with Gasteiger partial charge < -0.3 is 9.84 Å². The molecule has 21 heavy (non-hydrogen) atoms. The van der Waals surface area contributed by atoms with Crippen LogP contribution in [0.4, 0.5) is 0 Å². The van der Waals surface area contributed by atoms with Gasteiger partial charge in [0.2, 0.25) is 5.88 Å². The topological polar surface area (TPSA) is 72.3 Å². The molecule has 0 radical (unpaired) electrons. The van der Waals surface area contributed by atoms with Gasteiger partial charge in [0.25, 0.3) is 0 Å². The summed E-state index contributed by atoms with van der Waals surface area (Å²) in [6.45, 7) is 1.74. The molecule has 1 N–H and O–H groups in total. The highest BCUT2D eigenvalue weighted by Crippen LogP contribution is 2.33. The minimum atomic E-state index is -1.04. The summed E-state index contributed by atoms with van der Waals surface area (Å²) in [5.74, 6) is 0.131. The van der Waals surface area contributed by atoms with Crippen LogP contribution in [0.3, 0.4) is 0 Å². The number of aryl methyl sites for hydroxylation is 1.